The van der Waals surface area contributed by atoms with Crippen LogP contribution in [0.4, 0.5) is 0 Å². The molecule has 0 unspecified atom stereocenters. The van der Waals surface area contributed by atoms with E-state index in [1.54, 1.807) is 36.4 Å². The standard InChI is InChI=1S/C18H15BrO3/c19-11-17(20)14-7-9-16(10-8-14)22-18(21)15-5-3-13(4-6-15)12-1-2-12/h3-10,12H,1-2,11H2. The van der Waals surface area contributed by atoms with Crippen molar-refractivity contribution in [3.63, 3.8) is 0 Å². The lowest BCUT2D eigenvalue weighted by Gasteiger charge is -2.06. The first-order chi connectivity index (χ1) is 10.7. The van der Waals surface area contributed by atoms with E-state index in [4.69, 9.17) is 4.74 Å². The number of hydrogen-bond donors (Lipinski definition) is 0. The lowest BCUT2D eigenvalue weighted by molar-refractivity contribution is 0.0734. The molecular weight excluding hydrogens is 344 g/mol. The Labute approximate surface area is 137 Å². The zero-order chi connectivity index (χ0) is 15.5. The van der Waals surface area contributed by atoms with Crippen molar-refractivity contribution < 1.29 is 14.3 Å². The van der Waals surface area contributed by atoms with Crippen LogP contribution in [-0.2, 0) is 0 Å². The molecule has 2 aromatic carbocycles. The Morgan fingerprint density at radius 3 is 2.09 bits per heavy atom. The van der Waals surface area contributed by atoms with Crippen LogP contribution in [0, 0.1) is 0 Å². The molecule has 4 heteroatoms. The van der Waals surface area contributed by atoms with Crippen molar-refractivity contribution in [2.45, 2.75) is 18.8 Å². The Bertz CT molecular complexity index is 685. The molecule has 1 aliphatic rings. The normalized spacial score (nSPS) is 13.7. The zero-order valence-electron chi connectivity index (χ0n) is 11.9. The van der Waals surface area contributed by atoms with E-state index in [0.717, 1.165) is 0 Å². The van der Waals surface area contributed by atoms with Crippen molar-refractivity contribution in [2.24, 2.45) is 0 Å². The lowest BCUT2D eigenvalue weighted by atomic mass is 10.1. The summed E-state index contributed by atoms with van der Waals surface area (Å²) in [6, 6.07) is 14.2. The average Bonchev–Trinajstić information content (AvgIpc) is 3.40. The fourth-order valence-electron chi connectivity index (χ4n) is 2.26. The number of halogens is 1. The van der Waals surface area contributed by atoms with E-state index >= 15 is 0 Å². The highest BCUT2D eigenvalue weighted by Gasteiger charge is 2.23. The van der Waals surface area contributed by atoms with Gasteiger partial charge in [0.05, 0.1) is 10.9 Å². The Morgan fingerprint density at radius 2 is 1.55 bits per heavy atom. The molecule has 0 spiro atoms. The minimum absolute atomic E-state index is 0.00598. The van der Waals surface area contributed by atoms with Gasteiger partial charge in [-0.1, -0.05) is 28.1 Å². The van der Waals surface area contributed by atoms with Crippen LogP contribution in [-0.4, -0.2) is 17.1 Å². The van der Waals surface area contributed by atoms with Gasteiger partial charge < -0.3 is 4.74 Å². The van der Waals surface area contributed by atoms with E-state index in [-0.39, 0.29) is 17.1 Å². The van der Waals surface area contributed by atoms with Crippen LogP contribution < -0.4 is 4.74 Å². The minimum Gasteiger partial charge on any atom is -0.423 e. The Morgan fingerprint density at radius 1 is 0.955 bits per heavy atom. The van der Waals surface area contributed by atoms with Crippen LogP contribution in [0.3, 0.4) is 0 Å². The summed E-state index contributed by atoms with van der Waals surface area (Å²) in [6.45, 7) is 0. The number of alkyl halides is 1. The second-order valence-corrected chi connectivity index (χ2v) is 5.93. The van der Waals surface area contributed by atoms with E-state index in [0.29, 0.717) is 22.8 Å². The molecule has 0 atom stereocenters. The van der Waals surface area contributed by atoms with Crippen molar-refractivity contribution in [3.8, 4) is 5.75 Å². The third kappa shape index (κ3) is 3.45. The SMILES string of the molecule is O=C(CBr)c1ccc(OC(=O)c2ccc(C3CC3)cc2)cc1. The predicted molar refractivity (Wildman–Crippen MR) is 87.9 cm³/mol. The first kappa shape index (κ1) is 15.0. The number of Topliss-reactive ketones (excluding diaryl/α,β-unsaturated/α-hetero) is 1. The first-order valence-electron chi connectivity index (χ1n) is 7.19. The molecule has 0 N–H and O–H groups in total. The summed E-state index contributed by atoms with van der Waals surface area (Å²) in [5.74, 6) is 0.711. The number of carbonyl (C=O) groups excluding carboxylic acids is 2. The molecule has 0 aromatic heterocycles. The number of ketones is 1. The summed E-state index contributed by atoms with van der Waals surface area (Å²) in [4.78, 5) is 23.6. The molecule has 0 radical (unpaired) electrons. The molecule has 1 saturated carbocycles. The molecule has 2 aromatic rings. The first-order valence-corrected chi connectivity index (χ1v) is 8.31. The Balaban J connectivity index is 1.66. The highest BCUT2D eigenvalue weighted by molar-refractivity contribution is 9.09. The molecule has 0 amide bonds. The maximum Gasteiger partial charge on any atom is 0.343 e. The highest BCUT2D eigenvalue weighted by atomic mass is 79.9. The van der Waals surface area contributed by atoms with Gasteiger partial charge in [-0.15, -0.1) is 0 Å². The quantitative estimate of drug-likeness (QED) is 0.345. The Hall–Kier alpha value is -1.94. The van der Waals surface area contributed by atoms with Crippen LogP contribution in [0.25, 0.3) is 0 Å². The van der Waals surface area contributed by atoms with E-state index in [9.17, 15) is 9.59 Å². The second-order valence-electron chi connectivity index (χ2n) is 5.37. The van der Waals surface area contributed by atoms with Crippen LogP contribution >= 0.6 is 15.9 Å². The van der Waals surface area contributed by atoms with Gasteiger partial charge in [-0.2, -0.15) is 0 Å². The van der Waals surface area contributed by atoms with Crippen LogP contribution in [0.15, 0.2) is 48.5 Å². The minimum atomic E-state index is -0.387. The van der Waals surface area contributed by atoms with E-state index < -0.39 is 0 Å². The summed E-state index contributed by atoms with van der Waals surface area (Å²) in [5, 5.41) is 0.277. The van der Waals surface area contributed by atoms with E-state index in [1.165, 1.54) is 18.4 Å². The highest BCUT2D eigenvalue weighted by Crippen LogP contribution is 2.39. The van der Waals surface area contributed by atoms with Crippen molar-refractivity contribution >= 4 is 27.7 Å². The summed E-state index contributed by atoms with van der Waals surface area (Å²) in [7, 11) is 0. The van der Waals surface area contributed by atoms with Gasteiger partial charge in [-0.05, 0) is 60.7 Å². The molecule has 1 fully saturated rings. The molecule has 0 bridgehead atoms. The van der Waals surface area contributed by atoms with Crippen molar-refractivity contribution in [3.05, 3.63) is 65.2 Å². The fraction of sp³-hybridized carbons (Fsp3) is 0.222. The van der Waals surface area contributed by atoms with E-state index in [1.807, 2.05) is 12.1 Å². The largest absolute Gasteiger partial charge is 0.423 e. The van der Waals surface area contributed by atoms with Gasteiger partial charge in [0.1, 0.15) is 5.75 Å². The summed E-state index contributed by atoms with van der Waals surface area (Å²) < 4.78 is 5.32. The molecule has 112 valence electrons. The van der Waals surface area contributed by atoms with E-state index in [2.05, 4.69) is 15.9 Å². The zero-order valence-corrected chi connectivity index (χ0v) is 13.5. The number of carbonyl (C=O) groups is 2. The molecule has 22 heavy (non-hydrogen) atoms. The number of esters is 1. The van der Waals surface area contributed by atoms with Crippen molar-refractivity contribution in [1.82, 2.24) is 0 Å². The summed E-state index contributed by atoms with van der Waals surface area (Å²) >= 11 is 3.13. The molecular formula is C18H15BrO3. The van der Waals surface area contributed by atoms with Crippen LogP contribution in [0.1, 0.15) is 45.0 Å². The maximum atomic E-state index is 12.1. The van der Waals surface area contributed by atoms with Gasteiger partial charge in [-0.3, -0.25) is 4.79 Å². The molecule has 1 aliphatic carbocycles. The van der Waals surface area contributed by atoms with Crippen molar-refractivity contribution in [1.29, 1.82) is 0 Å². The van der Waals surface area contributed by atoms with Gasteiger partial charge >= 0.3 is 5.97 Å². The summed E-state index contributed by atoms with van der Waals surface area (Å²) in [6.07, 6.45) is 2.48. The average molecular weight is 359 g/mol. The number of hydrogen-bond acceptors (Lipinski definition) is 3. The van der Waals surface area contributed by atoms with Gasteiger partial charge in [0.15, 0.2) is 5.78 Å². The third-order valence-electron chi connectivity index (χ3n) is 3.70. The fourth-order valence-corrected chi connectivity index (χ4v) is 2.58. The monoisotopic (exact) mass is 358 g/mol. The molecule has 0 aliphatic heterocycles. The number of rotatable bonds is 5. The molecule has 3 nitrogen and oxygen atoms in total. The summed E-state index contributed by atoms with van der Waals surface area (Å²) in [5.41, 5.74) is 2.41. The number of benzene rings is 2. The lowest BCUT2D eigenvalue weighted by Crippen LogP contribution is -2.08. The van der Waals surface area contributed by atoms with Crippen LogP contribution in [0.5, 0.6) is 5.75 Å². The number of ether oxygens (including phenoxy) is 1. The van der Waals surface area contributed by atoms with Gasteiger partial charge in [0.2, 0.25) is 0 Å². The van der Waals surface area contributed by atoms with Crippen molar-refractivity contribution in [2.75, 3.05) is 5.33 Å². The second kappa shape index (κ2) is 6.44. The van der Waals surface area contributed by atoms with Crippen LogP contribution in [0.2, 0.25) is 0 Å². The Kier molecular flexibility index (Phi) is 4.39. The topological polar surface area (TPSA) is 43.4 Å². The predicted octanol–water partition coefficient (Wildman–Crippen LogP) is 4.36. The third-order valence-corrected chi connectivity index (χ3v) is 4.21. The molecule has 0 heterocycles. The molecule has 3 rings (SSSR count). The maximum absolute atomic E-state index is 12.1. The molecule has 0 saturated heterocycles. The van der Waals surface area contributed by atoms with Gasteiger partial charge in [0.25, 0.3) is 0 Å². The van der Waals surface area contributed by atoms with Gasteiger partial charge in [0, 0.05) is 5.56 Å². The van der Waals surface area contributed by atoms with Gasteiger partial charge in [-0.25, -0.2) is 4.79 Å². The smallest absolute Gasteiger partial charge is 0.343 e.